The van der Waals surface area contributed by atoms with E-state index >= 15 is 0 Å². The summed E-state index contributed by atoms with van der Waals surface area (Å²) in [6, 6.07) is 2.17. The summed E-state index contributed by atoms with van der Waals surface area (Å²) in [5, 5.41) is 3.44. The summed E-state index contributed by atoms with van der Waals surface area (Å²) in [7, 11) is 0. The summed E-state index contributed by atoms with van der Waals surface area (Å²) in [6.45, 7) is 9.39. The molecular formula is C20H28N4O2. The molecule has 1 aliphatic heterocycles. The molecule has 2 aromatic heterocycles. The smallest absolute Gasteiger partial charge is 0.258 e. The van der Waals surface area contributed by atoms with E-state index < -0.39 is 0 Å². The first-order chi connectivity index (χ1) is 12.5. The Morgan fingerprint density at radius 2 is 2.19 bits per heavy atom. The number of furan rings is 1. The summed E-state index contributed by atoms with van der Waals surface area (Å²) in [5.74, 6) is 2.52. The highest BCUT2D eigenvalue weighted by atomic mass is 16.3. The third-order valence-electron chi connectivity index (χ3n) is 6.11. The number of aromatic nitrogens is 2. The molecule has 0 aromatic carbocycles. The minimum absolute atomic E-state index is 0.0745. The van der Waals surface area contributed by atoms with E-state index in [0.717, 1.165) is 50.5 Å². The molecule has 6 heteroatoms. The normalized spacial score (nSPS) is 21.1. The highest BCUT2D eigenvalue weighted by Crippen LogP contribution is 2.56. The van der Waals surface area contributed by atoms with Crippen LogP contribution in [0.1, 0.15) is 53.9 Å². The van der Waals surface area contributed by atoms with Gasteiger partial charge in [0.15, 0.2) is 0 Å². The lowest BCUT2D eigenvalue weighted by Crippen LogP contribution is -2.39. The van der Waals surface area contributed by atoms with Gasteiger partial charge >= 0.3 is 0 Å². The third kappa shape index (κ3) is 2.96. The number of carbonyl (C=O) groups excluding carboxylic acids is 1. The number of hydrogen-bond donors (Lipinski definition) is 1. The molecule has 1 saturated heterocycles. The summed E-state index contributed by atoms with van der Waals surface area (Å²) < 4.78 is 7.74. The van der Waals surface area contributed by atoms with Gasteiger partial charge in [-0.2, -0.15) is 0 Å². The highest BCUT2D eigenvalue weighted by molar-refractivity contribution is 5.95. The molecule has 26 heavy (non-hydrogen) atoms. The molecule has 1 atom stereocenters. The quantitative estimate of drug-likeness (QED) is 0.895. The molecule has 2 aromatic rings. The molecule has 0 radical (unpaired) electrons. The van der Waals surface area contributed by atoms with Crippen LogP contribution in [-0.4, -0.2) is 39.5 Å². The number of hydrogen-bond acceptors (Lipinski definition) is 4. The van der Waals surface area contributed by atoms with Crippen LogP contribution in [0.15, 0.2) is 22.9 Å². The van der Waals surface area contributed by atoms with Crippen LogP contribution in [0.2, 0.25) is 0 Å². The molecule has 4 rings (SSSR count). The van der Waals surface area contributed by atoms with Crippen molar-refractivity contribution in [3.8, 4) is 0 Å². The van der Waals surface area contributed by atoms with Crippen LogP contribution >= 0.6 is 0 Å². The fourth-order valence-electron chi connectivity index (χ4n) is 4.48. The van der Waals surface area contributed by atoms with E-state index in [-0.39, 0.29) is 11.3 Å². The number of imidazole rings is 1. The lowest BCUT2D eigenvalue weighted by atomic mass is 9.93. The average Bonchev–Trinajstić information content (AvgIpc) is 2.97. The van der Waals surface area contributed by atoms with Crippen molar-refractivity contribution < 1.29 is 9.21 Å². The predicted molar refractivity (Wildman–Crippen MR) is 98.9 cm³/mol. The monoisotopic (exact) mass is 356 g/mol. The van der Waals surface area contributed by atoms with E-state index in [4.69, 9.17) is 4.42 Å². The molecule has 0 bridgehead atoms. The molecule has 3 heterocycles. The summed E-state index contributed by atoms with van der Waals surface area (Å²) in [5.41, 5.74) is 0.977. The molecule has 1 aliphatic carbocycles. The van der Waals surface area contributed by atoms with E-state index in [1.807, 2.05) is 32.3 Å². The zero-order valence-electron chi connectivity index (χ0n) is 15.9. The number of nitrogens with zero attached hydrogens (tertiary/aromatic N) is 3. The zero-order chi connectivity index (χ0) is 18.3. The summed E-state index contributed by atoms with van der Waals surface area (Å²) in [6.07, 6.45) is 7.20. The summed E-state index contributed by atoms with van der Waals surface area (Å²) >= 11 is 0. The zero-order valence-corrected chi connectivity index (χ0v) is 15.9. The van der Waals surface area contributed by atoms with Crippen molar-refractivity contribution in [1.29, 1.82) is 0 Å². The number of rotatable bonds is 5. The van der Waals surface area contributed by atoms with Gasteiger partial charge in [-0.3, -0.25) is 4.79 Å². The first-order valence-corrected chi connectivity index (χ1v) is 9.63. The van der Waals surface area contributed by atoms with Crippen LogP contribution in [0.4, 0.5) is 0 Å². The Labute approximate surface area is 154 Å². The van der Waals surface area contributed by atoms with Crippen molar-refractivity contribution in [3.05, 3.63) is 41.4 Å². The predicted octanol–water partition coefficient (Wildman–Crippen LogP) is 2.90. The van der Waals surface area contributed by atoms with Crippen molar-refractivity contribution in [2.24, 2.45) is 5.41 Å². The van der Waals surface area contributed by atoms with Gasteiger partial charge in [-0.15, -0.1) is 0 Å². The maximum absolute atomic E-state index is 13.4. The van der Waals surface area contributed by atoms with Crippen LogP contribution in [-0.2, 0) is 13.1 Å². The van der Waals surface area contributed by atoms with Gasteiger partial charge in [-0.05, 0) is 64.6 Å². The van der Waals surface area contributed by atoms with Gasteiger partial charge in [-0.1, -0.05) is 0 Å². The molecule has 1 N–H and O–H groups in total. The van der Waals surface area contributed by atoms with Crippen LogP contribution in [0, 0.1) is 19.3 Å². The molecule has 2 fully saturated rings. The van der Waals surface area contributed by atoms with Crippen molar-refractivity contribution in [2.45, 2.75) is 59.2 Å². The molecular weight excluding hydrogens is 328 g/mol. The summed E-state index contributed by atoms with van der Waals surface area (Å²) in [4.78, 5) is 20.0. The van der Waals surface area contributed by atoms with Gasteiger partial charge in [-0.25, -0.2) is 4.98 Å². The van der Waals surface area contributed by atoms with Gasteiger partial charge in [0, 0.05) is 25.0 Å². The fourth-order valence-corrected chi connectivity index (χ4v) is 4.48. The minimum atomic E-state index is 0.0745. The number of piperidine rings is 1. The SMILES string of the molecule is CCn1ccnc1CN(C(=O)c1cc(C)oc1C)[C@@H]1CC12CCNCC2. The number of amides is 1. The minimum Gasteiger partial charge on any atom is -0.466 e. The molecule has 2 aliphatic rings. The first kappa shape index (κ1) is 17.3. The van der Waals surface area contributed by atoms with Crippen molar-refractivity contribution >= 4 is 5.91 Å². The molecule has 0 unspecified atom stereocenters. The third-order valence-corrected chi connectivity index (χ3v) is 6.11. The highest BCUT2D eigenvalue weighted by Gasteiger charge is 2.58. The Bertz CT molecular complexity index is 801. The molecule has 1 amide bonds. The number of nitrogens with one attached hydrogen (secondary N) is 1. The average molecular weight is 356 g/mol. The van der Waals surface area contributed by atoms with E-state index in [9.17, 15) is 4.79 Å². The Morgan fingerprint density at radius 3 is 2.85 bits per heavy atom. The first-order valence-electron chi connectivity index (χ1n) is 9.63. The van der Waals surface area contributed by atoms with E-state index in [0.29, 0.717) is 23.9 Å². The van der Waals surface area contributed by atoms with E-state index in [1.54, 1.807) is 0 Å². The Morgan fingerprint density at radius 1 is 1.42 bits per heavy atom. The maximum atomic E-state index is 13.4. The molecule has 6 nitrogen and oxygen atoms in total. The van der Waals surface area contributed by atoms with Gasteiger partial charge in [0.25, 0.3) is 5.91 Å². The van der Waals surface area contributed by atoms with Gasteiger partial charge < -0.3 is 19.2 Å². The van der Waals surface area contributed by atoms with Gasteiger partial charge in [0.2, 0.25) is 0 Å². The van der Waals surface area contributed by atoms with Crippen LogP contribution in [0.3, 0.4) is 0 Å². The molecule has 1 saturated carbocycles. The Hall–Kier alpha value is -2.08. The number of aryl methyl sites for hydroxylation is 3. The van der Waals surface area contributed by atoms with Gasteiger partial charge in [0.1, 0.15) is 17.3 Å². The van der Waals surface area contributed by atoms with Crippen LogP contribution in [0.25, 0.3) is 0 Å². The standard InChI is InChI=1S/C20H28N4O2/c1-4-23-10-9-22-18(23)13-24(17-12-20(17)5-7-21-8-6-20)19(25)16-11-14(2)26-15(16)3/h9-11,17,21H,4-8,12-13H2,1-3H3/t17-/m1/s1. The van der Waals surface area contributed by atoms with Crippen LogP contribution < -0.4 is 5.32 Å². The maximum Gasteiger partial charge on any atom is 0.258 e. The van der Waals surface area contributed by atoms with E-state index in [1.165, 1.54) is 0 Å². The largest absolute Gasteiger partial charge is 0.466 e. The lowest BCUT2D eigenvalue weighted by molar-refractivity contribution is 0.0683. The Balaban J connectivity index is 1.63. The van der Waals surface area contributed by atoms with Crippen molar-refractivity contribution in [1.82, 2.24) is 19.8 Å². The fraction of sp³-hybridized carbons (Fsp3) is 0.600. The second kappa shape index (κ2) is 6.58. The lowest BCUT2D eigenvalue weighted by Gasteiger charge is -2.29. The van der Waals surface area contributed by atoms with Crippen molar-refractivity contribution in [3.63, 3.8) is 0 Å². The van der Waals surface area contributed by atoms with Gasteiger partial charge in [0.05, 0.1) is 12.1 Å². The molecule has 1 spiro atoms. The van der Waals surface area contributed by atoms with Crippen molar-refractivity contribution in [2.75, 3.05) is 13.1 Å². The van der Waals surface area contributed by atoms with Crippen LogP contribution in [0.5, 0.6) is 0 Å². The second-order valence-corrected chi connectivity index (χ2v) is 7.72. The second-order valence-electron chi connectivity index (χ2n) is 7.72. The topological polar surface area (TPSA) is 63.3 Å². The Kier molecular flexibility index (Phi) is 4.39. The molecule has 140 valence electrons. The number of carbonyl (C=O) groups is 1. The van der Waals surface area contributed by atoms with E-state index in [2.05, 4.69) is 26.7 Å².